The van der Waals surface area contributed by atoms with Gasteiger partial charge < -0.3 is 4.98 Å². The molecule has 1 nitrogen and oxygen atoms in total. The average Bonchev–Trinajstić information content (AvgIpc) is 3.10. The SMILES string of the molecule is c1ccc(Sc2ccc3c([nH]c4ccccc43)c2Sc2ccccc2)cc1. The van der Waals surface area contributed by atoms with E-state index in [2.05, 4.69) is 102 Å². The summed E-state index contributed by atoms with van der Waals surface area (Å²) in [6.45, 7) is 0. The maximum atomic E-state index is 3.66. The lowest BCUT2D eigenvalue weighted by molar-refractivity contribution is 1.26. The van der Waals surface area contributed by atoms with E-state index in [0.29, 0.717) is 0 Å². The number of hydrogen-bond acceptors (Lipinski definition) is 2. The van der Waals surface area contributed by atoms with Crippen LogP contribution in [0.4, 0.5) is 0 Å². The highest BCUT2D eigenvalue weighted by Gasteiger charge is 2.14. The minimum absolute atomic E-state index is 1.18. The molecule has 0 aliphatic carbocycles. The molecule has 1 aromatic heterocycles. The number of hydrogen-bond donors (Lipinski definition) is 1. The molecule has 1 N–H and O–H groups in total. The molecule has 0 bridgehead atoms. The molecule has 5 rings (SSSR count). The Kier molecular flexibility index (Phi) is 4.40. The molecule has 0 saturated carbocycles. The quantitative estimate of drug-likeness (QED) is 0.343. The first-order valence-corrected chi connectivity index (χ1v) is 10.5. The zero-order valence-electron chi connectivity index (χ0n) is 14.6. The van der Waals surface area contributed by atoms with Crippen LogP contribution >= 0.6 is 23.5 Å². The summed E-state index contributed by atoms with van der Waals surface area (Å²) in [6, 6.07) is 34.2. The normalized spacial score (nSPS) is 11.3. The lowest BCUT2D eigenvalue weighted by atomic mass is 10.1. The summed E-state index contributed by atoms with van der Waals surface area (Å²) in [6.07, 6.45) is 0. The number of aromatic amines is 1. The van der Waals surface area contributed by atoms with Crippen molar-refractivity contribution >= 4 is 45.3 Å². The second-order valence-corrected chi connectivity index (χ2v) is 8.52. The summed E-state index contributed by atoms with van der Waals surface area (Å²) in [5, 5.41) is 2.56. The van der Waals surface area contributed by atoms with Crippen LogP contribution in [0.3, 0.4) is 0 Å². The Morgan fingerprint density at radius 2 is 1.15 bits per heavy atom. The lowest BCUT2D eigenvalue weighted by Gasteiger charge is -2.11. The van der Waals surface area contributed by atoms with E-state index < -0.39 is 0 Å². The van der Waals surface area contributed by atoms with Gasteiger partial charge in [0.25, 0.3) is 0 Å². The molecule has 3 heteroatoms. The van der Waals surface area contributed by atoms with Gasteiger partial charge in [-0.15, -0.1) is 0 Å². The molecule has 4 aromatic carbocycles. The largest absolute Gasteiger partial charge is 0.354 e. The van der Waals surface area contributed by atoms with Crippen molar-refractivity contribution in [1.29, 1.82) is 0 Å². The van der Waals surface area contributed by atoms with Gasteiger partial charge in [0.15, 0.2) is 0 Å². The van der Waals surface area contributed by atoms with Crippen LogP contribution in [-0.4, -0.2) is 4.98 Å². The molecule has 130 valence electrons. The molecule has 0 atom stereocenters. The van der Waals surface area contributed by atoms with Crippen molar-refractivity contribution in [3.63, 3.8) is 0 Å². The van der Waals surface area contributed by atoms with Gasteiger partial charge in [0.05, 0.1) is 10.4 Å². The lowest BCUT2D eigenvalue weighted by Crippen LogP contribution is -1.83. The fraction of sp³-hybridized carbons (Fsp3) is 0. The van der Waals surface area contributed by atoms with Crippen molar-refractivity contribution in [1.82, 2.24) is 4.98 Å². The summed E-state index contributed by atoms with van der Waals surface area (Å²) in [7, 11) is 0. The topological polar surface area (TPSA) is 15.8 Å². The molecule has 0 aliphatic rings. The van der Waals surface area contributed by atoms with Crippen LogP contribution < -0.4 is 0 Å². The zero-order chi connectivity index (χ0) is 18.1. The third kappa shape index (κ3) is 3.25. The van der Waals surface area contributed by atoms with E-state index >= 15 is 0 Å². The zero-order valence-corrected chi connectivity index (χ0v) is 16.2. The minimum atomic E-state index is 1.18. The van der Waals surface area contributed by atoms with Crippen molar-refractivity contribution in [2.75, 3.05) is 0 Å². The highest BCUT2D eigenvalue weighted by atomic mass is 32.2. The first-order valence-electron chi connectivity index (χ1n) is 8.88. The van der Waals surface area contributed by atoms with E-state index in [1.54, 1.807) is 0 Å². The fourth-order valence-corrected chi connectivity index (χ4v) is 5.37. The van der Waals surface area contributed by atoms with E-state index in [9.17, 15) is 0 Å². The van der Waals surface area contributed by atoms with E-state index in [-0.39, 0.29) is 0 Å². The molecular formula is C24H17NS2. The van der Waals surface area contributed by atoms with Gasteiger partial charge in [0.2, 0.25) is 0 Å². The smallest absolute Gasteiger partial charge is 0.0618 e. The Balaban J connectivity index is 1.70. The average molecular weight is 384 g/mol. The van der Waals surface area contributed by atoms with Gasteiger partial charge in [-0.25, -0.2) is 0 Å². The number of benzene rings is 4. The van der Waals surface area contributed by atoms with Crippen LogP contribution in [0, 0.1) is 0 Å². The number of rotatable bonds is 4. The molecule has 1 heterocycles. The number of aromatic nitrogens is 1. The van der Waals surface area contributed by atoms with Gasteiger partial charge >= 0.3 is 0 Å². The third-order valence-electron chi connectivity index (χ3n) is 4.53. The van der Waals surface area contributed by atoms with Crippen molar-refractivity contribution in [2.24, 2.45) is 0 Å². The Morgan fingerprint density at radius 1 is 0.519 bits per heavy atom. The number of H-pyrrole nitrogens is 1. The second kappa shape index (κ2) is 7.18. The summed E-state index contributed by atoms with van der Waals surface area (Å²) in [5.74, 6) is 0. The minimum Gasteiger partial charge on any atom is -0.354 e. The maximum absolute atomic E-state index is 3.66. The van der Waals surface area contributed by atoms with Crippen LogP contribution in [0.15, 0.2) is 117 Å². The number of para-hydroxylation sites is 1. The highest BCUT2D eigenvalue weighted by molar-refractivity contribution is 8.02. The van der Waals surface area contributed by atoms with Crippen LogP contribution in [0.5, 0.6) is 0 Å². The van der Waals surface area contributed by atoms with E-state index in [1.807, 2.05) is 23.5 Å². The molecule has 0 spiro atoms. The van der Waals surface area contributed by atoms with Crippen molar-refractivity contribution < 1.29 is 0 Å². The summed E-state index contributed by atoms with van der Waals surface area (Å²) in [5.41, 5.74) is 2.40. The van der Waals surface area contributed by atoms with Gasteiger partial charge in [0.1, 0.15) is 0 Å². The van der Waals surface area contributed by atoms with Gasteiger partial charge in [0, 0.05) is 31.0 Å². The Bertz CT molecular complexity index is 1210. The number of nitrogens with one attached hydrogen (secondary N) is 1. The fourth-order valence-electron chi connectivity index (χ4n) is 3.28. The third-order valence-corrected chi connectivity index (χ3v) is 6.87. The predicted octanol–water partition coefficient (Wildman–Crippen LogP) is 7.62. The Labute approximate surface area is 166 Å². The molecule has 0 saturated heterocycles. The molecule has 0 unspecified atom stereocenters. The van der Waals surface area contributed by atoms with Gasteiger partial charge in [-0.05, 0) is 36.4 Å². The summed E-state index contributed by atoms with van der Waals surface area (Å²) >= 11 is 3.64. The Morgan fingerprint density at radius 3 is 1.89 bits per heavy atom. The maximum Gasteiger partial charge on any atom is 0.0618 e. The molecule has 0 radical (unpaired) electrons. The summed E-state index contributed by atoms with van der Waals surface area (Å²) in [4.78, 5) is 8.71. The van der Waals surface area contributed by atoms with Crippen LogP contribution in [0.25, 0.3) is 21.8 Å². The summed E-state index contributed by atoms with van der Waals surface area (Å²) < 4.78 is 0. The second-order valence-electron chi connectivity index (χ2n) is 6.32. The van der Waals surface area contributed by atoms with Crippen molar-refractivity contribution in [3.05, 3.63) is 97.1 Å². The first-order chi connectivity index (χ1) is 13.4. The first kappa shape index (κ1) is 16.5. The predicted molar refractivity (Wildman–Crippen MR) is 117 cm³/mol. The molecule has 0 aliphatic heterocycles. The van der Waals surface area contributed by atoms with Crippen LogP contribution in [-0.2, 0) is 0 Å². The van der Waals surface area contributed by atoms with Gasteiger partial charge in [-0.1, -0.05) is 84.2 Å². The van der Waals surface area contributed by atoms with Crippen molar-refractivity contribution in [2.45, 2.75) is 19.6 Å². The van der Waals surface area contributed by atoms with E-state index in [0.717, 1.165) is 0 Å². The highest BCUT2D eigenvalue weighted by Crippen LogP contribution is 2.44. The number of fused-ring (bicyclic) bond motifs is 3. The molecule has 0 fully saturated rings. The van der Waals surface area contributed by atoms with Gasteiger partial charge in [-0.2, -0.15) is 0 Å². The van der Waals surface area contributed by atoms with Gasteiger partial charge in [-0.3, -0.25) is 0 Å². The molecular weight excluding hydrogens is 366 g/mol. The van der Waals surface area contributed by atoms with Crippen LogP contribution in [0.2, 0.25) is 0 Å². The van der Waals surface area contributed by atoms with E-state index in [4.69, 9.17) is 0 Å². The van der Waals surface area contributed by atoms with Crippen LogP contribution in [0.1, 0.15) is 0 Å². The Hall–Kier alpha value is -2.62. The monoisotopic (exact) mass is 383 g/mol. The van der Waals surface area contributed by atoms with E-state index in [1.165, 1.54) is 41.4 Å². The molecule has 5 aromatic rings. The molecule has 27 heavy (non-hydrogen) atoms. The molecule has 0 amide bonds. The van der Waals surface area contributed by atoms with Crippen molar-refractivity contribution in [3.8, 4) is 0 Å². The standard InChI is InChI=1S/C24H17NS2/c1-3-9-17(10-4-1)26-22-16-15-20-19-13-7-8-14-21(19)25-23(20)24(22)27-18-11-5-2-6-12-18/h1-16,25H.